The van der Waals surface area contributed by atoms with Crippen LogP contribution in [0.4, 0.5) is 11.6 Å². The largest absolute Gasteiger partial charge is 0.493 e. The number of halogens is 1. The van der Waals surface area contributed by atoms with Gasteiger partial charge in [0.2, 0.25) is 5.95 Å². The number of nitrogens with one attached hydrogen (secondary N) is 2. The second-order valence-electron chi connectivity index (χ2n) is 8.96. The molecule has 0 fully saturated rings. The third-order valence-corrected chi connectivity index (χ3v) is 7.10. The number of rotatable bonds is 10. The Morgan fingerprint density at radius 2 is 1.97 bits per heavy atom. The zero-order valence-corrected chi connectivity index (χ0v) is 23.4. The van der Waals surface area contributed by atoms with Crippen LogP contribution >= 0.6 is 15.9 Å². The normalized spacial score (nSPS) is 11.0. The van der Waals surface area contributed by atoms with Crippen LogP contribution in [0.1, 0.15) is 22.5 Å². The van der Waals surface area contributed by atoms with Crippen LogP contribution in [-0.2, 0) is 13.6 Å². The quantitative estimate of drug-likeness (QED) is 0.204. The van der Waals surface area contributed by atoms with Crippen molar-refractivity contribution in [1.82, 2.24) is 29.4 Å². The molecule has 0 spiro atoms. The molecule has 0 aliphatic heterocycles. The Morgan fingerprint density at radius 3 is 2.74 bits per heavy atom. The minimum atomic E-state index is -0.267. The number of aromatic nitrogens is 5. The molecule has 5 rings (SSSR count). The molecule has 0 radical (unpaired) electrons. The van der Waals surface area contributed by atoms with Crippen LogP contribution in [-0.4, -0.2) is 43.6 Å². The SMILES string of the molecule is COc1cc2c(cc1Oc1ccnc(C(=O)NCCCn3ccnc3)c1)nc(Nc1ccc(Br)c(C)c1)n2C. The number of carbonyl (C=O) groups is 1. The Balaban J connectivity index is 1.31. The van der Waals surface area contributed by atoms with Crippen LogP contribution in [0.3, 0.4) is 0 Å². The van der Waals surface area contributed by atoms with E-state index in [0.29, 0.717) is 29.7 Å². The van der Waals surface area contributed by atoms with Gasteiger partial charge in [-0.05, 0) is 43.2 Å². The summed E-state index contributed by atoms with van der Waals surface area (Å²) in [6.07, 6.45) is 7.69. The highest BCUT2D eigenvalue weighted by Crippen LogP contribution is 2.36. The molecule has 0 unspecified atom stereocenters. The third kappa shape index (κ3) is 6.04. The molecule has 3 heterocycles. The van der Waals surface area contributed by atoms with E-state index in [1.165, 1.54) is 0 Å². The van der Waals surface area contributed by atoms with E-state index >= 15 is 0 Å². The number of methoxy groups -OCH3 is 1. The molecular weight excluding hydrogens is 562 g/mol. The average Bonchev–Trinajstić information content (AvgIpc) is 3.56. The monoisotopic (exact) mass is 589 g/mol. The second kappa shape index (κ2) is 11.6. The predicted octanol–water partition coefficient (Wildman–Crippen LogP) is 5.60. The van der Waals surface area contributed by atoms with Crippen molar-refractivity contribution >= 4 is 44.5 Å². The van der Waals surface area contributed by atoms with Crippen LogP contribution in [0.2, 0.25) is 0 Å². The van der Waals surface area contributed by atoms with E-state index in [2.05, 4.69) is 42.6 Å². The van der Waals surface area contributed by atoms with E-state index in [0.717, 1.165) is 39.7 Å². The molecule has 0 aliphatic rings. The molecule has 0 saturated heterocycles. The summed E-state index contributed by atoms with van der Waals surface area (Å²) < 4.78 is 16.7. The van der Waals surface area contributed by atoms with E-state index < -0.39 is 0 Å². The number of ether oxygens (including phenoxy) is 2. The van der Waals surface area contributed by atoms with Gasteiger partial charge < -0.3 is 29.2 Å². The Kier molecular flexibility index (Phi) is 7.78. The highest BCUT2D eigenvalue weighted by atomic mass is 79.9. The fraction of sp³-hybridized carbons (Fsp3) is 0.214. The maximum Gasteiger partial charge on any atom is 0.270 e. The summed E-state index contributed by atoms with van der Waals surface area (Å²) in [5.74, 6) is 1.90. The molecule has 2 N–H and O–H groups in total. The minimum absolute atomic E-state index is 0.267. The van der Waals surface area contributed by atoms with Crippen LogP contribution in [0.15, 0.2) is 71.9 Å². The molecule has 39 heavy (non-hydrogen) atoms. The molecular formula is C28H28BrN7O3. The maximum absolute atomic E-state index is 12.6. The van der Waals surface area contributed by atoms with Gasteiger partial charge in [-0.1, -0.05) is 15.9 Å². The Hall–Kier alpha value is -4.38. The van der Waals surface area contributed by atoms with Crippen LogP contribution in [0, 0.1) is 6.92 Å². The first-order chi connectivity index (χ1) is 18.9. The Labute approximate surface area is 234 Å². The zero-order valence-electron chi connectivity index (χ0n) is 21.8. The molecule has 3 aromatic heterocycles. The van der Waals surface area contributed by atoms with Gasteiger partial charge in [0.25, 0.3) is 5.91 Å². The summed E-state index contributed by atoms with van der Waals surface area (Å²) >= 11 is 3.54. The zero-order chi connectivity index (χ0) is 27.4. The van der Waals surface area contributed by atoms with Crippen molar-refractivity contribution in [2.24, 2.45) is 7.05 Å². The maximum atomic E-state index is 12.6. The summed E-state index contributed by atoms with van der Waals surface area (Å²) in [7, 11) is 3.52. The number of hydrogen-bond donors (Lipinski definition) is 2. The average molecular weight is 590 g/mol. The first-order valence-electron chi connectivity index (χ1n) is 12.4. The summed E-state index contributed by atoms with van der Waals surface area (Å²) in [5.41, 5.74) is 3.93. The lowest BCUT2D eigenvalue weighted by molar-refractivity contribution is 0.0947. The van der Waals surface area contributed by atoms with Crippen molar-refractivity contribution in [2.45, 2.75) is 19.9 Å². The number of benzene rings is 2. The predicted molar refractivity (Wildman–Crippen MR) is 153 cm³/mol. The number of amides is 1. The number of carbonyl (C=O) groups excluding carboxylic acids is 1. The number of fused-ring (bicyclic) bond motifs is 1. The van der Waals surface area contributed by atoms with Crippen molar-refractivity contribution in [2.75, 3.05) is 19.0 Å². The summed E-state index contributed by atoms with van der Waals surface area (Å²) in [5, 5.41) is 6.27. The number of pyridine rings is 1. The van der Waals surface area contributed by atoms with Crippen LogP contribution in [0.25, 0.3) is 11.0 Å². The smallest absolute Gasteiger partial charge is 0.270 e. The van der Waals surface area contributed by atoms with Gasteiger partial charge in [0.1, 0.15) is 11.4 Å². The molecule has 11 heteroatoms. The summed E-state index contributed by atoms with van der Waals surface area (Å²) in [6, 6.07) is 13.0. The van der Waals surface area contributed by atoms with Gasteiger partial charge in [-0.25, -0.2) is 9.97 Å². The Bertz CT molecular complexity index is 1620. The number of nitrogens with zero attached hydrogens (tertiary/aromatic N) is 5. The molecule has 0 saturated carbocycles. The summed E-state index contributed by atoms with van der Waals surface area (Å²) in [6.45, 7) is 3.33. The Morgan fingerprint density at radius 1 is 1.10 bits per heavy atom. The van der Waals surface area contributed by atoms with Gasteiger partial charge in [-0.2, -0.15) is 0 Å². The molecule has 0 atom stereocenters. The van der Waals surface area contributed by atoms with Crippen molar-refractivity contribution in [3.63, 3.8) is 0 Å². The molecule has 0 bridgehead atoms. The molecule has 200 valence electrons. The van der Waals surface area contributed by atoms with E-state index in [9.17, 15) is 4.79 Å². The lowest BCUT2D eigenvalue weighted by atomic mass is 10.2. The first kappa shape index (κ1) is 26.2. The number of aryl methyl sites for hydroxylation is 3. The number of imidazole rings is 2. The molecule has 2 aromatic carbocycles. The van der Waals surface area contributed by atoms with Gasteiger partial charge in [0.05, 0.1) is 24.5 Å². The van der Waals surface area contributed by atoms with E-state index in [1.54, 1.807) is 38.0 Å². The third-order valence-electron chi connectivity index (χ3n) is 6.21. The highest BCUT2D eigenvalue weighted by Gasteiger charge is 2.16. The van der Waals surface area contributed by atoms with Crippen LogP contribution in [0.5, 0.6) is 17.2 Å². The van der Waals surface area contributed by atoms with Gasteiger partial charge in [-0.15, -0.1) is 0 Å². The lowest BCUT2D eigenvalue weighted by Gasteiger charge is -2.12. The molecule has 1 amide bonds. The van der Waals surface area contributed by atoms with Gasteiger partial charge >= 0.3 is 0 Å². The number of hydrogen-bond acceptors (Lipinski definition) is 7. The second-order valence-corrected chi connectivity index (χ2v) is 9.82. The molecule has 10 nitrogen and oxygen atoms in total. The van der Waals surface area contributed by atoms with Crippen LogP contribution < -0.4 is 20.1 Å². The molecule has 5 aromatic rings. The topological polar surface area (TPSA) is 108 Å². The van der Waals surface area contributed by atoms with E-state index in [1.807, 2.05) is 53.6 Å². The molecule has 0 aliphatic carbocycles. The number of anilines is 2. The van der Waals surface area contributed by atoms with Crippen molar-refractivity contribution in [1.29, 1.82) is 0 Å². The lowest BCUT2D eigenvalue weighted by Crippen LogP contribution is -2.26. The van der Waals surface area contributed by atoms with Crippen molar-refractivity contribution < 1.29 is 14.3 Å². The summed E-state index contributed by atoms with van der Waals surface area (Å²) in [4.78, 5) is 25.6. The first-order valence-corrected chi connectivity index (χ1v) is 13.2. The highest BCUT2D eigenvalue weighted by molar-refractivity contribution is 9.10. The van der Waals surface area contributed by atoms with Gasteiger partial charge in [0.15, 0.2) is 11.5 Å². The fourth-order valence-electron chi connectivity index (χ4n) is 4.10. The van der Waals surface area contributed by atoms with Gasteiger partial charge in [0, 0.05) is 67.1 Å². The van der Waals surface area contributed by atoms with E-state index in [-0.39, 0.29) is 11.6 Å². The van der Waals surface area contributed by atoms with Gasteiger partial charge in [-0.3, -0.25) is 9.78 Å². The van der Waals surface area contributed by atoms with Crippen molar-refractivity contribution in [3.05, 3.63) is 83.1 Å². The standard InChI is InChI=1S/C28H28BrN7O3/c1-18-13-19(5-6-21(18)29)33-28-34-22-15-26(25(38-3)16-24(22)35(28)2)39-20-7-9-31-23(14-20)27(37)32-8-4-11-36-12-10-30-17-36/h5-7,9-10,12-17H,4,8,11H2,1-3H3,(H,32,37)(H,33,34). The van der Waals surface area contributed by atoms with Crippen molar-refractivity contribution in [3.8, 4) is 17.2 Å². The minimum Gasteiger partial charge on any atom is -0.493 e. The fourth-order valence-corrected chi connectivity index (χ4v) is 4.35. The van der Waals surface area contributed by atoms with E-state index in [4.69, 9.17) is 14.5 Å².